The molecule has 6 nitrogen and oxygen atoms in total. The third-order valence-electron chi connectivity index (χ3n) is 3.48. The Balaban J connectivity index is 2.21. The second kappa shape index (κ2) is 6.85. The zero-order valence-electron chi connectivity index (χ0n) is 13.7. The molecule has 2 aromatic rings. The Kier molecular flexibility index (Phi) is 5.12. The van der Waals surface area contributed by atoms with Crippen LogP contribution in [0.3, 0.4) is 0 Å². The zero-order valence-corrected chi connectivity index (χ0v) is 13.7. The van der Waals surface area contributed by atoms with Crippen molar-refractivity contribution in [3.63, 3.8) is 0 Å². The maximum absolute atomic E-state index is 4.65. The quantitative estimate of drug-likeness (QED) is 0.847. The van der Waals surface area contributed by atoms with Crippen molar-refractivity contribution < 1.29 is 0 Å². The summed E-state index contributed by atoms with van der Waals surface area (Å²) in [6.45, 7) is 9.21. The van der Waals surface area contributed by atoms with Gasteiger partial charge in [-0.25, -0.2) is 9.97 Å². The molecular formula is C15H26N6. The van der Waals surface area contributed by atoms with E-state index in [9.17, 15) is 0 Å². The van der Waals surface area contributed by atoms with E-state index in [4.69, 9.17) is 0 Å². The second-order valence-corrected chi connectivity index (χ2v) is 5.94. The molecule has 0 aliphatic rings. The summed E-state index contributed by atoms with van der Waals surface area (Å²) in [6.07, 6.45) is 3.00. The lowest BCUT2D eigenvalue weighted by atomic mass is 10.1. The number of rotatable bonds is 7. The van der Waals surface area contributed by atoms with Crippen LogP contribution in [0.15, 0.2) is 6.20 Å². The molecule has 1 N–H and O–H groups in total. The highest BCUT2D eigenvalue weighted by Crippen LogP contribution is 2.19. The Morgan fingerprint density at radius 3 is 2.76 bits per heavy atom. The first-order valence-corrected chi connectivity index (χ1v) is 7.62. The topological polar surface area (TPSA) is 58.9 Å². The lowest BCUT2D eigenvalue weighted by Gasteiger charge is -2.17. The van der Waals surface area contributed by atoms with Crippen molar-refractivity contribution in [1.82, 2.24) is 24.6 Å². The Morgan fingerprint density at radius 1 is 1.33 bits per heavy atom. The SMILES string of the molecule is CCNc1nc(CN(C)CCC(C)C)nc2c1cnn2C. The molecule has 0 fully saturated rings. The minimum atomic E-state index is 0.713. The smallest absolute Gasteiger partial charge is 0.163 e. The molecule has 0 aromatic carbocycles. The monoisotopic (exact) mass is 290 g/mol. The first-order valence-electron chi connectivity index (χ1n) is 7.62. The molecule has 21 heavy (non-hydrogen) atoms. The van der Waals surface area contributed by atoms with Crippen LogP contribution in [0.1, 0.15) is 33.0 Å². The summed E-state index contributed by atoms with van der Waals surface area (Å²) in [4.78, 5) is 11.6. The fourth-order valence-corrected chi connectivity index (χ4v) is 2.24. The summed E-state index contributed by atoms with van der Waals surface area (Å²) in [5, 5.41) is 8.56. The summed E-state index contributed by atoms with van der Waals surface area (Å²) in [5.74, 6) is 2.43. The minimum Gasteiger partial charge on any atom is -0.370 e. The molecule has 0 aliphatic carbocycles. The fraction of sp³-hybridized carbons (Fsp3) is 0.667. The van der Waals surface area contributed by atoms with Crippen molar-refractivity contribution in [3.05, 3.63) is 12.0 Å². The van der Waals surface area contributed by atoms with Crippen molar-refractivity contribution in [2.75, 3.05) is 25.5 Å². The van der Waals surface area contributed by atoms with Crippen LogP contribution in [0.25, 0.3) is 11.0 Å². The fourth-order valence-electron chi connectivity index (χ4n) is 2.24. The molecule has 2 heterocycles. The summed E-state index contributed by atoms with van der Waals surface area (Å²) in [7, 11) is 4.03. The molecule has 0 saturated heterocycles. The van der Waals surface area contributed by atoms with Crippen LogP contribution in [0.2, 0.25) is 0 Å². The van der Waals surface area contributed by atoms with Gasteiger partial charge in [-0.3, -0.25) is 9.58 Å². The van der Waals surface area contributed by atoms with Crippen LogP contribution in [-0.4, -0.2) is 44.8 Å². The molecule has 6 heteroatoms. The van der Waals surface area contributed by atoms with Gasteiger partial charge in [0, 0.05) is 13.6 Å². The molecule has 0 atom stereocenters. The van der Waals surface area contributed by atoms with Crippen molar-refractivity contribution in [2.45, 2.75) is 33.7 Å². The number of nitrogens with zero attached hydrogens (tertiary/aromatic N) is 5. The number of fused-ring (bicyclic) bond motifs is 1. The average Bonchev–Trinajstić information content (AvgIpc) is 2.79. The van der Waals surface area contributed by atoms with E-state index in [0.29, 0.717) is 5.92 Å². The van der Waals surface area contributed by atoms with E-state index in [-0.39, 0.29) is 0 Å². The van der Waals surface area contributed by atoms with E-state index >= 15 is 0 Å². The maximum atomic E-state index is 4.65. The third-order valence-corrected chi connectivity index (χ3v) is 3.48. The Bertz CT molecular complexity index is 589. The largest absolute Gasteiger partial charge is 0.370 e. The Hall–Kier alpha value is -1.69. The summed E-state index contributed by atoms with van der Waals surface area (Å²) < 4.78 is 1.80. The normalized spacial score (nSPS) is 11.8. The number of nitrogens with one attached hydrogen (secondary N) is 1. The third kappa shape index (κ3) is 3.91. The van der Waals surface area contributed by atoms with Gasteiger partial charge in [0.1, 0.15) is 11.6 Å². The van der Waals surface area contributed by atoms with E-state index in [1.165, 1.54) is 6.42 Å². The highest BCUT2D eigenvalue weighted by molar-refractivity contribution is 5.86. The van der Waals surface area contributed by atoms with Gasteiger partial charge >= 0.3 is 0 Å². The summed E-state index contributed by atoms with van der Waals surface area (Å²) >= 11 is 0. The molecular weight excluding hydrogens is 264 g/mol. The lowest BCUT2D eigenvalue weighted by molar-refractivity contribution is 0.297. The summed E-state index contributed by atoms with van der Waals surface area (Å²) in [5.41, 5.74) is 0.883. The van der Waals surface area contributed by atoms with E-state index in [2.05, 4.69) is 53.1 Å². The standard InChI is InChI=1S/C15H26N6/c1-6-16-14-12-9-17-21(5)15(12)19-13(18-14)10-20(4)8-7-11(2)3/h9,11H,6-8,10H2,1-5H3,(H,16,18,19). The van der Waals surface area contributed by atoms with E-state index in [0.717, 1.165) is 42.3 Å². The van der Waals surface area contributed by atoms with Crippen LogP contribution in [0.5, 0.6) is 0 Å². The van der Waals surface area contributed by atoms with E-state index in [1.54, 1.807) is 4.68 Å². The lowest BCUT2D eigenvalue weighted by Crippen LogP contribution is -2.22. The van der Waals surface area contributed by atoms with Crippen LogP contribution in [0.4, 0.5) is 5.82 Å². The number of aromatic nitrogens is 4. The van der Waals surface area contributed by atoms with Gasteiger partial charge in [0.2, 0.25) is 0 Å². The molecule has 0 radical (unpaired) electrons. The van der Waals surface area contributed by atoms with Gasteiger partial charge in [-0.1, -0.05) is 13.8 Å². The van der Waals surface area contributed by atoms with Gasteiger partial charge in [0.25, 0.3) is 0 Å². The van der Waals surface area contributed by atoms with E-state index < -0.39 is 0 Å². The van der Waals surface area contributed by atoms with Crippen molar-refractivity contribution in [2.24, 2.45) is 13.0 Å². The van der Waals surface area contributed by atoms with Crippen molar-refractivity contribution in [1.29, 1.82) is 0 Å². The zero-order chi connectivity index (χ0) is 15.4. The van der Waals surface area contributed by atoms with Crippen LogP contribution in [0, 0.1) is 5.92 Å². The first-order chi connectivity index (χ1) is 10.0. The second-order valence-electron chi connectivity index (χ2n) is 5.94. The predicted octanol–water partition coefficient (Wildman–Crippen LogP) is 2.27. The maximum Gasteiger partial charge on any atom is 0.163 e. The minimum absolute atomic E-state index is 0.713. The van der Waals surface area contributed by atoms with Crippen LogP contribution < -0.4 is 5.32 Å². The van der Waals surface area contributed by atoms with Crippen molar-refractivity contribution in [3.8, 4) is 0 Å². The van der Waals surface area contributed by atoms with Crippen LogP contribution >= 0.6 is 0 Å². The van der Waals surface area contributed by atoms with Crippen LogP contribution in [-0.2, 0) is 13.6 Å². The molecule has 0 spiro atoms. The van der Waals surface area contributed by atoms with Gasteiger partial charge in [0.05, 0.1) is 18.1 Å². The van der Waals surface area contributed by atoms with Crippen molar-refractivity contribution >= 4 is 16.9 Å². The highest BCUT2D eigenvalue weighted by Gasteiger charge is 2.12. The van der Waals surface area contributed by atoms with Gasteiger partial charge in [-0.2, -0.15) is 5.10 Å². The summed E-state index contributed by atoms with van der Waals surface area (Å²) in [6, 6.07) is 0. The molecule has 2 aromatic heterocycles. The first kappa shape index (κ1) is 15.7. The number of aryl methyl sites for hydroxylation is 1. The van der Waals surface area contributed by atoms with Gasteiger partial charge in [-0.05, 0) is 32.9 Å². The molecule has 2 rings (SSSR count). The van der Waals surface area contributed by atoms with Gasteiger partial charge in [0.15, 0.2) is 5.65 Å². The highest BCUT2D eigenvalue weighted by atomic mass is 15.3. The average molecular weight is 290 g/mol. The number of hydrogen-bond donors (Lipinski definition) is 1. The Morgan fingerprint density at radius 2 is 2.10 bits per heavy atom. The molecule has 116 valence electrons. The number of anilines is 1. The number of hydrogen-bond acceptors (Lipinski definition) is 5. The molecule has 0 amide bonds. The van der Waals surface area contributed by atoms with Gasteiger partial charge < -0.3 is 5.32 Å². The predicted molar refractivity (Wildman–Crippen MR) is 86.3 cm³/mol. The molecule has 0 unspecified atom stereocenters. The molecule has 0 aliphatic heterocycles. The van der Waals surface area contributed by atoms with E-state index in [1.807, 2.05) is 13.2 Å². The van der Waals surface area contributed by atoms with Gasteiger partial charge in [-0.15, -0.1) is 0 Å². The molecule has 0 saturated carbocycles. The Labute approximate surface area is 126 Å². The molecule has 0 bridgehead atoms.